The van der Waals surface area contributed by atoms with Crippen LogP contribution in [0.5, 0.6) is 0 Å². The average molecular weight is 267 g/mol. The highest BCUT2D eigenvalue weighted by Crippen LogP contribution is 2.19. The maximum Gasteiger partial charge on any atom is 0.237 e. The lowest BCUT2D eigenvalue weighted by molar-refractivity contribution is -0.124. The SMILES string of the molecule is CCC1CCNC(C(=O)NC(C)CN2CCCC2)C1. The first kappa shape index (κ1) is 14.8. The van der Waals surface area contributed by atoms with Crippen LogP contribution in [0.2, 0.25) is 0 Å². The zero-order valence-corrected chi connectivity index (χ0v) is 12.5. The van der Waals surface area contributed by atoms with E-state index in [9.17, 15) is 4.79 Å². The van der Waals surface area contributed by atoms with E-state index in [2.05, 4.69) is 29.4 Å². The van der Waals surface area contributed by atoms with Crippen molar-refractivity contribution in [2.24, 2.45) is 5.92 Å². The van der Waals surface area contributed by atoms with Gasteiger partial charge in [0.2, 0.25) is 5.91 Å². The average Bonchev–Trinajstić information content (AvgIpc) is 2.91. The fourth-order valence-corrected chi connectivity index (χ4v) is 3.31. The Bertz CT molecular complexity index is 289. The molecule has 1 amide bonds. The summed E-state index contributed by atoms with van der Waals surface area (Å²) in [6.07, 6.45) is 6.02. The van der Waals surface area contributed by atoms with Crippen LogP contribution >= 0.6 is 0 Å². The third kappa shape index (κ3) is 4.46. The molecular weight excluding hydrogens is 238 g/mol. The van der Waals surface area contributed by atoms with Crippen molar-refractivity contribution in [2.45, 2.75) is 58.0 Å². The van der Waals surface area contributed by atoms with Gasteiger partial charge in [-0.25, -0.2) is 0 Å². The van der Waals surface area contributed by atoms with E-state index in [0.29, 0.717) is 5.92 Å². The quantitative estimate of drug-likeness (QED) is 0.790. The molecule has 2 rings (SSSR count). The summed E-state index contributed by atoms with van der Waals surface area (Å²) in [7, 11) is 0. The summed E-state index contributed by atoms with van der Waals surface area (Å²) < 4.78 is 0. The summed E-state index contributed by atoms with van der Waals surface area (Å²) in [5.41, 5.74) is 0. The van der Waals surface area contributed by atoms with Crippen molar-refractivity contribution in [3.05, 3.63) is 0 Å². The van der Waals surface area contributed by atoms with Crippen molar-refractivity contribution >= 4 is 5.91 Å². The second-order valence-electron chi connectivity index (χ2n) is 6.22. The van der Waals surface area contributed by atoms with Crippen molar-refractivity contribution in [1.82, 2.24) is 15.5 Å². The first-order chi connectivity index (χ1) is 9.19. The second-order valence-corrected chi connectivity index (χ2v) is 6.22. The van der Waals surface area contributed by atoms with Crippen molar-refractivity contribution in [1.29, 1.82) is 0 Å². The summed E-state index contributed by atoms with van der Waals surface area (Å²) in [6, 6.07) is 0.286. The first-order valence-electron chi connectivity index (χ1n) is 7.95. The maximum absolute atomic E-state index is 12.3. The van der Waals surface area contributed by atoms with Crippen molar-refractivity contribution < 1.29 is 4.79 Å². The number of rotatable bonds is 5. The van der Waals surface area contributed by atoms with Crippen LogP contribution in [0.15, 0.2) is 0 Å². The van der Waals surface area contributed by atoms with Gasteiger partial charge in [0.1, 0.15) is 0 Å². The van der Waals surface area contributed by atoms with Crippen LogP contribution < -0.4 is 10.6 Å². The highest BCUT2D eigenvalue weighted by Gasteiger charge is 2.27. The topological polar surface area (TPSA) is 44.4 Å². The molecule has 0 aromatic carbocycles. The smallest absolute Gasteiger partial charge is 0.237 e. The molecule has 4 nitrogen and oxygen atoms in total. The van der Waals surface area contributed by atoms with Gasteiger partial charge in [0, 0.05) is 12.6 Å². The number of piperidine rings is 1. The number of hydrogen-bond donors (Lipinski definition) is 2. The van der Waals surface area contributed by atoms with E-state index < -0.39 is 0 Å². The molecule has 0 aromatic heterocycles. The molecule has 2 heterocycles. The van der Waals surface area contributed by atoms with Gasteiger partial charge in [0.05, 0.1) is 6.04 Å². The number of likely N-dealkylation sites (tertiary alicyclic amines) is 1. The lowest BCUT2D eigenvalue weighted by atomic mass is 9.90. The summed E-state index contributed by atoms with van der Waals surface area (Å²) in [6.45, 7) is 8.71. The minimum absolute atomic E-state index is 0.0275. The van der Waals surface area contributed by atoms with Gasteiger partial charge in [-0.3, -0.25) is 4.79 Å². The minimum Gasteiger partial charge on any atom is -0.351 e. The molecule has 2 N–H and O–H groups in total. The molecule has 0 aliphatic carbocycles. The molecule has 2 aliphatic rings. The molecule has 0 saturated carbocycles. The van der Waals surface area contributed by atoms with Gasteiger partial charge in [-0.15, -0.1) is 0 Å². The molecule has 0 spiro atoms. The predicted octanol–water partition coefficient (Wildman–Crippen LogP) is 1.37. The Hall–Kier alpha value is -0.610. The standard InChI is InChI=1S/C15H29N3O/c1-3-13-6-7-16-14(10-13)15(19)17-12(2)11-18-8-4-5-9-18/h12-14,16H,3-11H2,1-2H3,(H,17,19). The van der Waals surface area contributed by atoms with E-state index >= 15 is 0 Å². The number of nitrogens with one attached hydrogen (secondary N) is 2. The van der Waals surface area contributed by atoms with Gasteiger partial charge < -0.3 is 15.5 Å². The van der Waals surface area contributed by atoms with Crippen molar-refractivity contribution in [3.63, 3.8) is 0 Å². The Balaban J connectivity index is 1.72. The van der Waals surface area contributed by atoms with Gasteiger partial charge in [0.25, 0.3) is 0 Å². The fraction of sp³-hybridized carbons (Fsp3) is 0.933. The summed E-state index contributed by atoms with van der Waals surface area (Å²) in [4.78, 5) is 14.7. The van der Waals surface area contributed by atoms with Crippen LogP contribution in [-0.4, -0.2) is 49.1 Å². The van der Waals surface area contributed by atoms with Gasteiger partial charge in [-0.1, -0.05) is 13.3 Å². The fourth-order valence-electron chi connectivity index (χ4n) is 3.31. The first-order valence-corrected chi connectivity index (χ1v) is 7.95. The molecule has 0 bridgehead atoms. The van der Waals surface area contributed by atoms with Crippen molar-refractivity contribution in [3.8, 4) is 0 Å². The zero-order valence-electron chi connectivity index (χ0n) is 12.5. The van der Waals surface area contributed by atoms with E-state index in [1.165, 1.54) is 38.8 Å². The van der Waals surface area contributed by atoms with E-state index in [1.54, 1.807) is 0 Å². The molecule has 3 atom stereocenters. The Labute approximate surface area is 117 Å². The van der Waals surface area contributed by atoms with Crippen LogP contribution in [0.3, 0.4) is 0 Å². The summed E-state index contributed by atoms with van der Waals surface area (Å²) >= 11 is 0. The number of carbonyl (C=O) groups excluding carboxylic acids is 1. The Morgan fingerprint density at radius 3 is 2.84 bits per heavy atom. The molecule has 2 aliphatic heterocycles. The molecule has 2 saturated heterocycles. The molecule has 3 unspecified atom stereocenters. The summed E-state index contributed by atoms with van der Waals surface area (Å²) in [5.74, 6) is 0.913. The molecule has 0 aromatic rings. The van der Waals surface area contributed by atoms with E-state index in [0.717, 1.165) is 19.5 Å². The minimum atomic E-state index is 0.0275. The Morgan fingerprint density at radius 1 is 1.42 bits per heavy atom. The number of carbonyl (C=O) groups is 1. The predicted molar refractivity (Wildman–Crippen MR) is 78.1 cm³/mol. The molecule has 4 heteroatoms. The van der Waals surface area contributed by atoms with Crippen LogP contribution in [0.4, 0.5) is 0 Å². The van der Waals surface area contributed by atoms with Crippen LogP contribution in [0, 0.1) is 5.92 Å². The number of amides is 1. The largest absolute Gasteiger partial charge is 0.351 e. The molecule has 110 valence electrons. The highest BCUT2D eigenvalue weighted by molar-refractivity contribution is 5.82. The summed E-state index contributed by atoms with van der Waals surface area (Å²) in [5, 5.41) is 6.53. The van der Waals surface area contributed by atoms with E-state index in [1.807, 2.05) is 0 Å². The van der Waals surface area contributed by atoms with Crippen molar-refractivity contribution in [2.75, 3.05) is 26.2 Å². The monoisotopic (exact) mass is 267 g/mol. The lowest BCUT2D eigenvalue weighted by Gasteiger charge is -2.30. The second kappa shape index (κ2) is 7.25. The number of hydrogen-bond acceptors (Lipinski definition) is 3. The van der Waals surface area contributed by atoms with E-state index in [4.69, 9.17) is 0 Å². The number of nitrogens with zero attached hydrogens (tertiary/aromatic N) is 1. The molecule has 19 heavy (non-hydrogen) atoms. The lowest BCUT2D eigenvalue weighted by Crippen LogP contribution is -2.52. The van der Waals surface area contributed by atoms with Crippen LogP contribution in [-0.2, 0) is 4.79 Å². The van der Waals surface area contributed by atoms with Gasteiger partial charge in [-0.2, -0.15) is 0 Å². The van der Waals surface area contributed by atoms with Crippen LogP contribution in [0.25, 0.3) is 0 Å². The van der Waals surface area contributed by atoms with Gasteiger partial charge in [-0.05, 0) is 58.2 Å². The molecule has 0 radical (unpaired) electrons. The molecular formula is C15H29N3O. The third-order valence-corrected chi connectivity index (χ3v) is 4.53. The Morgan fingerprint density at radius 2 is 2.16 bits per heavy atom. The zero-order chi connectivity index (χ0) is 13.7. The van der Waals surface area contributed by atoms with E-state index in [-0.39, 0.29) is 18.0 Å². The molecule has 2 fully saturated rings. The normalized spacial score (nSPS) is 30.2. The highest BCUT2D eigenvalue weighted by atomic mass is 16.2. The third-order valence-electron chi connectivity index (χ3n) is 4.53. The Kier molecular flexibility index (Phi) is 5.64. The van der Waals surface area contributed by atoms with Crippen LogP contribution in [0.1, 0.15) is 46.0 Å². The maximum atomic E-state index is 12.3. The van der Waals surface area contributed by atoms with Gasteiger partial charge in [0.15, 0.2) is 0 Å². The van der Waals surface area contributed by atoms with Gasteiger partial charge >= 0.3 is 0 Å².